The molecule has 0 spiro atoms. The van der Waals surface area contributed by atoms with Crippen molar-refractivity contribution in [2.45, 2.75) is 20.3 Å². The second kappa shape index (κ2) is 4.89. The predicted molar refractivity (Wildman–Crippen MR) is 81.3 cm³/mol. The number of fused-ring (bicyclic) bond motifs is 1. The molecule has 0 unspecified atom stereocenters. The van der Waals surface area contributed by atoms with Crippen LogP contribution < -0.4 is 5.73 Å². The Bertz CT molecular complexity index is 781. The lowest BCUT2D eigenvalue weighted by Gasteiger charge is -2.07. The van der Waals surface area contributed by atoms with Gasteiger partial charge in [-0.2, -0.15) is 0 Å². The molecule has 0 fully saturated rings. The Balaban J connectivity index is 2.22. The molecule has 0 bridgehead atoms. The second-order valence-corrected chi connectivity index (χ2v) is 4.80. The molecule has 3 rings (SSSR count). The van der Waals surface area contributed by atoms with Gasteiger partial charge in [0, 0.05) is 17.1 Å². The summed E-state index contributed by atoms with van der Waals surface area (Å²) in [4.78, 5) is 13.5. The van der Waals surface area contributed by atoms with Gasteiger partial charge >= 0.3 is 0 Å². The van der Waals surface area contributed by atoms with E-state index in [-0.39, 0.29) is 0 Å². The maximum absolute atomic E-state index is 5.84. The molecule has 1 aromatic carbocycles. The van der Waals surface area contributed by atoms with Crippen LogP contribution in [0.4, 0.5) is 5.82 Å². The molecule has 2 aromatic heterocycles. The molecular weight excluding hydrogens is 248 g/mol. The van der Waals surface area contributed by atoms with Crippen LogP contribution in [0.5, 0.6) is 0 Å². The first kappa shape index (κ1) is 12.5. The Morgan fingerprint density at radius 3 is 2.65 bits per heavy atom. The molecule has 0 saturated carbocycles. The van der Waals surface area contributed by atoms with E-state index in [9.17, 15) is 0 Å². The zero-order valence-electron chi connectivity index (χ0n) is 11.6. The van der Waals surface area contributed by atoms with Gasteiger partial charge in [0.25, 0.3) is 0 Å². The molecule has 0 aliphatic rings. The van der Waals surface area contributed by atoms with Crippen molar-refractivity contribution in [2.24, 2.45) is 0 Å². The molecule has 4 nitrogen and oxygen atoms in total. The van der Waals surface area contributed by atoms with Crippen LogP contribution in [0.2, 0.25) is 0 Å². The number of rotatable bonds is 2. The summed E-state index contributed by atoms with van der Waals surface area (Å²) < 4.78 is 0. The first-order chi connectivity index (χ1) is 9.67. The van der Waals surface area contributed by atoms with Gasteiger partial charge in [0.1, 0.15) is 11.5 Å². The Kier molecular flexibility index (Phi) is 3.06. The van der Waals surface area contributed by atoms with Gasteiger partial charge in [0.15, 0.2) is 5.82 Å². The van der Waals surface area contributed by atoms with Crippen LogP contribution in [-0.4, -0.2) is 15.0 Å². The van der Waals surface area contributed by atoms with Crippen LogP contribution >= 0.6 is 0 Å². The molecule has 0 amide bonds. The van der Waals surface area contributed by atoms with Gasteiger partial charge in [0.05, 0.1) is 5.52 Å². The standard InChI is InChI=1S/C16H16N4/c1-3-11-9-15(17)20-16(18-11)14-8-10(2)12-6-4-5-7-13(12)19-14/h4-9H,3H2,1-2H3,(H2,17,18,20). The highest BCUT2D eigenvalue weighted by molar-refractivity contribution is 5.84. The number of nitrogens with zero attached hydrogens (tertiary/aromatic N) is 3. The minimum atomic E-state index is 0.486. The summed E-state index contributed by atoms with van der Waals surface area (Å²) in [5, 5.41) is 1.15. The van der Waals surface area contributed by atoms with Crippen molar-refractivity contribution in [3.05, 3.63) is 47.7 Å². The Labute approximate surface area is 117 Å². The number of para-hydroxylation sites is 1. The topological polar surface area (TPSA) is 64.7 Å². The molecule has 0 aliphatic heterocycles. The van der Waals surface area contributed by atoms with E-state index in [1.807, 2.05) is 31.2 Å². The number of nitrogens with two attached hydrogens (primary N) is 1. The molecule has 4 heteroatoms. The van der Waals surface area contributed by atoms with Crippen LogP contribution in [0.3, 0.4) is 0 Å². The van der Waals surface area contributed by atoms with E-state index >= 15 is 0 Å². The zero-order chi connectivity index (χ0) is 14.1. The number of hydrogen-bond donors (Lipinski definition) is 1. The van der Waals surface area contributed by atoms with E-state index < -0.39 is 0 Å². The van der Waals surface area contributed by atoms with Gasteiger partial charge in [0.2, 0.25) is 0 Å². The lowest BCUT2D eigenvalue weighted by Crippen LogP contribution is -2.01. The third-order valence-electron chi connectivity index (χ3n) is 3.31. The largest absolute Gasteiger partial charge is 0.384 e. The van der Waals surface area contributed by atoms with Crippen LogP contribution in [-0.2, 0) is 6.42 Å². The van der Waals surface area contributed by atoms with E-state index in [4.69, 9.17) is 5.73 Å². The lowest BCUT2D eigenvalue weighted by atomic mass is 10.1. The van der Waals surface area contributed by atoms with Crippen LogP contribution in [0.15, 0.2) is 36.4 Å². The van der Waals surface area contributed by atoms with E-state index in [0.717, 1.165) is 34.3 Å². The minimum Gasteiger partial charge on any atom is -0.384 e. The van der Waals surface area contributed by atoms with Crippen molar-refractivity contribution in [2.75, 3.05) is 5.73 Å². The fraction of sp³-hybridized carbons (Fsp3) is 0.188. The monoisotopic (exact) mass is 264 g/mol. The number of aromatic nitrogens is 3. The highest BCUT2D eigenvalue weighted by Crippen LogP contribution is 2.22. The maximum Gasteiger partial charge on any atom is 0.180 e. The first-order valence-corrected chi connectivity index (χ1v) is 6.67. The van der Waals surface area contributed by atoms with Crippen LogP contribution in [0.25, 0.3) is 22.4 Å². The molecule has 0 radical (unpaired) electrons. The highest BCUT2D eigenvalue weighted by Gasteiger charge is 2.09. The molecule has 2 N–H and O–H groups in total. The molecule has 20 heavy (non-hydrogen) atoms. The predicted octanol–water partition coefficient (Wildman–Crippen LogP) is 3.14. The van der Waals surface area contributed by atoms with Crippen LogP contribution in [0.1, 0.15) is 18.2 Å². The molecule has 2 heterocycles. The summed E-state index contributed by atoms with van der Waals surface area (Å²) in [7, 11) is 0. The fourth-order valence-corrected chi connectivity index (χ4v) is 2.28. The maximum atomic E-state index is 5.84. The fourth-order valence-electron chi connectivity index (χ4n) is 2.28. The van der Waals surface area contributed by atoms with Crippen molar-refractivity contribution >= 4 is 16.7 Å². The van der Waals surface area contributed by atoms with E-state index in [1.54, 1.807) is 6.07 Å². The summed E-state index contributed by atoms with van der Waals surface area (Å²) in [6.07, 6.45) is 0.826. The van der Waals surface area contributed by atoms with Crippen LogP contribution in [0, 0.1) is 6.92 Å². The molecule has 100 valence electrons. The van der Waals surface area contributed by atoms with Crippen molar-refractivity contribution < 1.29 is 0 Å². The smallest absolute Gasteiger partial charge is 0.180 e. The molecule has 3 aromatic rings. The van der Waals surface area contributed by atoms with Gasteiger partial charge in [-0.15, -0.1) is 0 Å². The number of benzene rings is 1. The minimum absolute atomic E-state index is 0.486. The number of nitrogen functional groups attached to an aromatic ring is 1. The van der Waals surface area contributed by atoms with E-state index in [0.29, 0.717) is 11.6 Å². The first-order valence-electron chi connectivity index (χ1n) is 6.67. The third-order valence-corrected chi connectivity index (χ3v) is 3.31. The Morgan fingerprint density at radius 1 is 1.05 bits per heavy atom. The average Bonchev–Trinajstić information content (AvgIpc) is 2.46. The van der Waals surface area contributed by atoms with Crippen molar-refractivity contribution in [1.29, 1.82) is 0 Å². The molecule has 0 saturated heterocycles. The Morgan fingerprint density at radius 2 is 1.85 bits per heavy atom. The molecule has 0 atom stereocenters. The van der Waals surface area contributed by atoms with E-state index in [1.165, 1.54) is 0 Å². The number of anilines is 1. The average molecular weight is 264 g/mol. The van der Waals surface area contributed by atoms with Gasteiger partial charge in [-0.1, -0.05) is 25.1 Å². The summed E-state index contributed by atoms with van der Waals surface area (Å²) >= 11 is 0. The second-order valence-electron chi connectivity index (χ2n) is 4.80. The molecule has 0 aliphatic carbocycles. The summed E-state index contributed by atoms with van der Waals surface area (Å²) in [5.74, 6) is 1.08. The SMILES string of the molecule is CCc1cc(N)nc(-c2cc(C)c3ccccc3n2)n1. The zero-order valence-corrected chi connectivity index (χ0v) is 11.6. The number of pyridine rings is 1. The summed E-state index contributed by atoms with van der Waals surface area (Å²) in [6, 6.07) is 11.9. The van der Waals surface area contributed by atoms with Crippen molar-refractivity contribution in [3.8, 4) is 11.5 Å². The number of aryl methyl sites for hydroxylation is 2. The van der Waals surface area contributed by atoms with Crippen molar-refractivity contribution in [1.82, 2.24) is 15.0 Å². The summed E-state index contributed by atoms with van der Waals surface area (Å²) in [6.45, 7) is 4.12. The lowest BCUT2D eigenvalue weighted by molar-refractivity contribution is 1.00. The number of hydrogen-bond acceptors (Lipinski definition) is 4. The highest BCUT2D eigenvalue weighted by atomic mass is 15.0. The van der Waals surface area contributed by atoms with Gasteiger partial charge < -0.3 is 5.73 Å². The van der Waals surface area contributed by atoms with Gasteiger partial charge in [-0.05, 0) is 31.0 Å². The van der Waals surface area contributed by atoms with Gasteiger partial charge in [-0.3, -0.25) is 0 Å². The normalized spacial score (nSPS) is 10.9. The van der Waals surface area contributed by atoms with E-state index in [2.05, 4.69) is 27.9 Å². The van der Waals surface area contributed by atoms with Gasteiger partial charge in [-0.25, -0.2) is 15.0 Å². The Hall–Kier alpha value is -2.49. The van der Waals surface area contributed by atoms with Crippen molar-refractivity contribution in [3.63, 3.8) is 0 Å². The molecular formula is C16H16N4. The quantitative estimate of drug-likeness (QED) is 0.772. The summed E-state index contributed by atoms with van der Waals surface area (Å²) in [5.41, 5.74) is 9.65. The third kappa shape index (κ3) is 2.20.